The first-order valence-corrected chi connectivity index (χ1v) is 9.48. The highest BCUT2D eigenvalue weighted by Gasteiger charge is 2.26. The summed E-state index contributed by atoms with van der Waals surface area (Å²) < 4.78 is 0. The average molecular weight is 365 g/mol. The normalized spacial score (nSPS) is 15.7. The van der Waals surface area contributed by atoms with E-state index in [1.807, 2.05) is 0 Å². The predicted molar refractivity (Wildman–Crippen MR) is 102 cm³/mol. The molecule has 1 atom stereocenters. The van der Waals surface area contributed by atoms with Gasteiger partial charge in [-0.3, -0.25) is 4.98 Å². The molecule has 4 rings (SSSR count). The van der Waals surface area contributed by atoms with E-state index in [-0.39, 0.29) is 6.42 Å². The number of carbonyl (C=O) groups excluding carboxylic acids is 1. The van der Waals surface area contributed by atoms with Crippen molar-refractivity contribution in [3.63, 3.8) is 0 Å². The molecular formula is C21H23N3O3. The van der Waals surface area contributed by atoms with Gasteiger partial charge in [0.15, 0.2) is 0 Å². The van der Waals surface area contributed by atoms with E-state index in [1.54, 1.807) is 24.4 Å². The summed E-state index contributed by atoms with van der Waals surface area (Å²) in [6.07, 6.45) is 8.01. The first kappa shape index (κ1) is 17.5. The van der Waals surface area contributed by atoms with Crippen LogP contribution in [0.1, 0.15) is 40.8 Å². The molecule has 2 aliphatic carbocycles. The summed E-state index contributed by atoms with van der Waals surface area (Å²) in [5.41, 5.74) is 6.65. The molecule has 6 nitrogen and oxygen atoms in total. The number of pyridine rings is 1. The largest absolute Gasteiger partial charge is 0.480 e. The fraction of sp³-hybridized carbons (Fsp3) is 0.381. The highest BCUT2D eigenvalue weighted by Crippen LogP contribution is 2.38. The number of carboxylic acids is 1. The average Bonchev–Trinajstić information content (AvgIpc) is 3.31. The molecule has 1 heterocycles. The summed E-state index contributed by atoms with van der Waals surface area (Å²) in [7, 11) is 0. The van der Waals surface area contributed by atoms with E-state index in [0.29, 0.717) is 5.69 Å². The van der Waals surface area contributed by atoms with Crippen molar-refractivity contribution in [3.8, 4) is 0 Å². The van der Waals surface area contributed by atoms with E-state index in [0.717, 1.165) is 44.2 Å². The van der Waals surface area contributed by atoms with Gasteiger partial charge in [-0.2, -0.15) is 0 Å². The number of carbonyl (C=O) groups is 2. The third kappa shape index (κ3) is 3.65. The Morgan fingerprint density at radius 2 is 1.78 bits per heavy atom. The van der Waals surface area contributed by atoms with Gasteiger partial charge in [0.25, 0.3) is 0 Å². The molecule has 1 aromatic heterocycles. The molecule has 140 valence electrons. The van der Waals surface area contributed by atoms with Crippen LogP contribution in [0.5, 0.6) is 0 Å². The van der Waals surface area contributed by atoms with Crippen LogP contribution in [-0.4, -0.2) is 28.1 Å². The van der Waals surface area contributed by atoms with Crippen molar-refractivity contribution >= 4 is 17.7 Å². The summed E-state index contributed by atoms with van der Waals surface area (Å²) in [6.45, 7) is 0. The second kappa shape index (κ2) is 7.39. The number of hydrogen-bond donors (Lipinski definition) is 3. The van der Waals surface area contributed by atoms with Crippen molar-refractivity contribution in [2.24, 2.45) is 0 Å². The molecule has 2 aromatic rings. The first-order valence-electron chi connectivity index (χ1n) is 9.48. The van der Waals surface area contributed by atoms with E-state index in [1.165, 1.54) is 22.3 Å². The van der Waals surface area contributed by atoms with Crippen LogP contribution in [0, 0.1) is 0 Å². The van der Waals surface area contributed by atoms with E-state index in [4.69, 9.17) is 0 Å². The van der Waals surface area contributed by atoms with Crippen LogP contribution in [0.2, 0.25) is 0 Å². The highest BCUT2D eigenvalue weighted by molar-refractivity contribution is 5.94. The van der Waals surface area contributed by atoms with E-state index in [9.17, 15) is 14.7 Å². The quantitative estimate of drug-likeness (QED) is 0.760. The lowest BCUT2D eigenvalue weighted by molar-refractivity contribution is -0.139. The number of benzene rings is 1. The van der Waals surface area contributed by atoms with Crippen molar-refractivity contribution in [1.82, 2.24) is 10.3 Å². The Morgan fingerprint density at radius 3 is 2.37 bits per heavy atom. The van der Waals surface area contributed by atoms with Gasteiger partial charge in [-0.15, -0.1) is 0 Å². The van der Waals surface area contributed by atoms with Crippen LogP contribution in [-0.2, 0) is 36.9 Å². The molecule has 2 aliphatic rings. The zero-order chi connectivity index (χ0) is 18.8. The fourth-order valence-corrected chi connectivity index (χ4v) is 4.20. The SMILES string of the molecule is O=C(Nc1c2c(cc3c1CCC3)CCC2)NC(Cc1ccccn1)C(=O)O. The van der Waals surface area contributed by atoms with E-state index < -0.39 is 18.0 Å². The molecule has 1 aromatic carbocycles. The number of rotatable bonds is 5. The summed E-state index contributed by atoms with van der Waals surface area (Å²) in [4.78, 5) is 28.4. The number of aliphatic carboxylic acids is 1. The zero-order valence-corrected chi connectivity index (χ0v) is 15.1. The summed E-state index contributed by atoms with van der Waals surface area (Å²) in [5, 5.41) is 15.1. The molecular weight excluding hydrogens is 342 g/mol. The van der Waals surface area contributed by atoms with Gasteiger partial charge in [0.2, 0.25) is 0 Å². The van der Waals surface area contributed by atoms with Gasteiger partial charge >= 0.3 is 12.0 Å². The molecule has 0 aliphatic heterocycles. The molecule has 2 amide bonds. The molecule has 3 N–H and O–H groups in total. The van der Waals surface area contributed by atoms with Crippen LogP contribution in [0.4, 0.5) is 10.5 Å². The number of nitrogens with zero attached hydrogens (tertiary/aromatic N) is 1. The second-order valence-corrected chi connectivity index (χ2v) is 7.25. The molecule has 0 bridgehead atoms. The Balaban J connectivity index is 1.52. The van der Waals surface area contributed by atoms with Gasteiger partial charge in [-0.05, 0) is 72.9 Å². The molecule has 1 unspecified atom stereocenters. The molecule has 0 radical (unpaired) electrons. The van der Waals surface area contributed by atoms with Crippen molar-refractivity contribution in [1.29, 1.82) is 0 Å². The Labute approximate surface area is 158 Å². The lowest BCUT2D eigenvalue weighted by Crippen LogP contribution is -2.44. The van der Waals surface area contributed by atoms with Gasteiger partial charge < -0.3 is 15.7 Å². The number of nitrogens with one attached hydrogen (secondary N) is 2. The number of carboxylic acid groups (broad SMARTS) is 1. The van der Waals surface area contributed by atoms with E-state index in [2.05, 4.69) is 21.7 Å². The zero-order valence-electron chi connectivity index (χ0n) is 15.1. The van der Waals surface area contributed by atoms with Crippen molar-refractivity contribution in [2.75, 3.05) is 5.32 Å². The van der Waals surface area contributed by atoms with Gasteiger partial charge in [0.05, 0.1) is 0 Å². The minimum Gasteiger partial charge on any atom is -0.480 e. The van der Waals surface area contributed by atoms with E-state index >= 15 is 0 Å². The standard InChI is InChI=1S/C21H23N3O3/c25-20(26)18(12-15-7-1-2-10-22-15)23-21(27)24-19-16-8-3-5-13(16)11-14-6-4-9-17(14)19/h1-2,7,10-11,18H,3-6,8-9,12H2,(H,25,26)(H2,23,24,27). The smallest absolute Gasteiger partial charge is 0.326 e. The Morgan fingerprint density at radius 1 is 1.07 bits per heavy atom. The minimum atomic E-state index is -1.07. The number of anilines is 1. The molecule has 0 saturated heterocycles. The number of urea groups is 1. The highest BCUT2D eigenvalue weighted by atomic mass is 16.4. The molecule has 0 saturated carbocycles. The minimum absolute atomic E-state index is 0.147. The predicted octanol–water partition coefficient (Wildman–Crippen LogP) is 2.88. The maximum absolute atomic E-state index is 12.6. The van der Waals surface area contributed by atoms with Crippen LogP contribution in [0.3, 0.4) is 0 Å². The lowest BCUT2D eigenvalue weighted by atomic mass is 9.99. The maximum Gasteiger partial charge on any atom is 0.326 e. The summed E-state index contributed by atoms with van der Waals surface area (Å²) >= 11 is 0. The third-order valence-corrected chi connectivity index (χ3v) is 5.45. The van der Waals surface area contributed by atoms with Crippen molar-refractivity contribution < 1.29 is 14.7 Å². The Hall–Kier alpha value is -2.89. The summed E-state index contributed by atoms with van der Waals surface area (Å²) in [5.74, 6) is -1.07. The molecule has 27 heavy (non-hydrogen) atoms. The lowest BCUT2D eigenvalue weighted by Gasteiger charge is -2.19. The van der Waals surface area contributed by atoms with Crippen LogP contribution >= 0.6 is 0 Å². The number of amides is 2. The summed E-state index contributed by atoms with van der Waals surface area (Å²) in [6, 6.07) is 6.15. The van der Waals surface area contributed by atoms with Crippen LogP contribution in [0.15, 0.2) is 30.5 Å². The molecule has 0 spiro atoms. The number of fused-ring (bicyclic) bond motifs is 2. The van der Waals surface area contributed by atoms with Gasteiger partial charge in [0, 0.05) is 24.0 Å². The monoisotopic (exact) mass is 365 g/mol. The molecule has 6 heteroatoms. The topological polar surface area (TPSA) is 91.3 Å². The molecule has 0 fully saturated rings. The number of aryl methyl sites for hydroxylation is 2. The fourth-order valence-electron chi connectivity index (χ4n) is 4.20. The van der Waals surface area contributed by atoms with Gasteiger partial charge in [0.1, 0.15) is 6.04 Å². The Kier molecular flexibility index (Phi) is 4.79. The Bertz CT molecular complexity index is 848. The van der Waals surface area contributed by atoms with Gasteiger partial charge in [-0.25, -0.2) is 9.59 Å². The van der Waals surface area contributed by atoms with Crippen molar-refractivity contribution in [2.45, 2.75) is 51.0 Å². The number of hydrogen-bond acceptors (Lipinski definition) is 3. The maximum atomic E-state index is 12.6. The third-order valence-electron chi connectivity index (χ3n) is 5.45. The van der Waals surface area contributed by atoms with Crippen LogP contribution in [0.25, 0.3) is 0 Å². The number of aromatic nitrogens is 1. The second-order valence-electron chi connectivity index (χ2n) is 7.25. The first-order chi connectivity index (χ1) is 13.1. The van der Waals surface area contributed by atoms with Crippen LogP contribution < -0.4 is 10.6 Å². The van der Waals surface area contributed by atoms with Gasteiger partial charge in [-0.1, -0.05) is 12.1 Å². The van der Waals surface area contributed by atoms with Crippen molar-refractivity contribution in [3.05, 3.63) is 58.4 Å².